The third-order valence-corrected chi connectivity index (χ3v) is 4.23. The van der Waals surface area contributed by atoms with Crippen LogP contribution in [0.4, 0.5) is 9.18 Å². The second-order valence-corrected chi connectivity index (χ2v) is 6.53. The van der Waals surface area contributed by atoms with Crippen LogP contribution in [0.25, 0.3) is 10.4 Å². The van der Waals surface area contributed by atoms with Gasteiger partial charge in [-0.3, -0.25) is 15.0 Å². The summed E-state index contributed by atoms with van der Waals surface area (Å²) in [6.45, 7) is 0.885. The highest BCUT2D eigenvalue weighted by molar-refractivity contribution is 9.10. The van der Waals surface area contributed by atoms with Gasteiger partial charge >= 0.3 is 6.03 Å². The van der Waals surface area contributed by atoms with Gasteiger partial charge in [-0.15, -0.1) is 0 Å². The summed E-state index contributed by atoms with van der Waals surface area (Å²) < 4.78 is 17.6. The summed E-state index contributed by atoms with van der Waals surface area (Å²) in [6.07, 6.45) is -4.98. The Morgan fingerprint density at radius 1 is 1.71 bits per heavy atom. The van der Waals surface area contributed by atoms with Gasteiger partial charge in [-0.1, -0.05) is 21.0 Å². The SMILES string of the molecule is CC1(Br)C(=O)NC(=O)N([C@H]2C[C@H](F)[C@@H](CO)O2)C1N=[N+]=[N-]. The fraction of sp³-hybridized carbons (Fsp3) is 0.800. The van der Waals surface area contributed by atoms with Crippen LogP contribution >= 0.6 is 15.9 Å². The minimum Gasteiger partial charge on any atom is -0.394 e. The lowest BCUT2D eigenvalue weighted by Gasteiger charge is -2.43. The average Bonchev–Trinajstić information content (AvgIpc) is 2.77. The van der Waals surface area contributed by atoms with Crippen molar-refractivity contribution >= 4 is 27.9 Å². The van der Waals surface area contributed by atoms with E-state index in [1.165, 1.54) is 6.92 Å². The molecule has 2 aliphatic heterocycles. The predicted octanol–water partition coefficient (Wildman–Crippen LogP) is 0.774. The van der Waals surface area contributed by atoms with E-state index in [1.54, 1.807) is 0 Å². The number of ether oxygens (including phenoxy) is 1. The second kappa shape index (κ2) is 5.76. The number of carbonyl (C=O) groups is 2. The number of aliphatic hydroxyl groups excluding tert-OH is 1. The van der Waals surface area contributed by atoms with E-state index in [9.17, 15) is 14.0 Å². The van der Waals surface area contributed by atoms with E-state index in [4.69, 9.17) is 15.4 Å². The molecule has 5 atom stereocenters. The van der Waals surface area contributed by atoms with Crippen LogP contribution in [-0.4, -0.2) is 57.5 Å². The first kappa shape index (κ1) is 16.0. The van der Waals surface area contributed by atoms with E-state index < -0.39 is 47.5 Å². The lowest BCUT2D eigenvalue weighted by atomic mass is 10.0. The van der Waals surface area contributed by atoms with Crippen LogP contribution in [0, 0.1) is 0 Å². The highest BCUT2D eigenvalue weighted by Crippen LogP contribution is 2.36. The summed E-state index contributed by atoms with van der Waals surface area (Å²) in [5.41, 5.74) is 8.65. The first-order valence-corrected chi connectivity index (χ1v) is 6.89. The van der Waals surface area contributed by atoms with Crippen molar-refractivity contribution in [3.8, 4) is 0 Å². The lowest BCUT2D eigenvalue weighted by molar-refractivity contribution is -0.129. The van der Waals surface area contributed by atoms with Crippen molar-refractivity contribution in [3.63, 3.8) is 0 Å². The minimum atomic E-state index is -1.46. The fourth-order valence-corrected chi connectivity index (χ4v) is 2.71. The standard InChI is InChI=1S/C10H13BrFN5O4/c1-10(11)7(15-16-13)17(9(20)14-8(10)19)6-2-4(12)5(3-18)21-6/h4-7,18H,2-3H2,1H3,(H,14,19,20)/t4-,5+,6+,7?,10?/m0/s1. The molecule has 21 heavy (non-hydrogen) atoms. The maximum atomic E-state index is 13.7. The number of imide groups is 1. The van der Waals surface area contributed by atoms with E-state index in [0.717, 1.165) is 4.90 Å². The van der Waals surface area contributed by atoms with Gasteiger partial charge in [0, 0.05) is 11.3 Å². The number of amides is 3. The van der Waals surface area contributed by atoms with Crippen LogP contribution in [0.2, 0.25) is 0 Å². The Balaban J connectivity index is 2.33. The number of hydrogen-bond donors (Lipinski definition) is 2. The first-order valence-electron chi connectivity index (χ1n) is 6.10. The smallest absolute Gasteiger partial charge is 0.326 e. The van der Waals surface area contributed by atoms with Gasteiger partial charge in [0.25, 0.3) is 0 Å². The van der Waals surface area contributed by atoms with E-state index in [-0.39, 0.29) is 6.42 Å². The number of carbonyl (C=O) groups excluding carboxylic acids is 2. The van der Waals surface area contributed by atoms with Crippen molar-refractivity contribution in [2.75, 3.05) is 6.61 Å². The molecule has 0 aromatic heterocycles. The topological polar surface area (TPSA) is 128 Å². The number of nitrogens with zero attached hydrogens (tertiary/aromatic N) is 4. The maximum Gasteiger partial charge on any atom is 0.326 e. The summed E-state index contributed by atoms with van der Waals surface area (Å²) in [6, 6.07) is -0.842. The molecule has 3 amide bonds. The molecular formula is C10H13BrFN5O4. The molecule has 0 aromatic carbocycles. The van der Waals surface area contributed by atoms with E-state index in [2.05, 4.69) is 31.3 Å². The zero-order valence-electron chi connectivity index (χ0n) is 10.9. The number of alkyl halides is 2. The van der Waals surface area contributed by atoms with E-state index in [0.29, 0.717) is 0 Å². The minimum absolute atomic E-state index is 0.187. The zero-order valence-corrected chi connectivity index (χ0v) is 12.5. The molecule has 0 spiro atoms. The number of urea groups is 1. The number of aliphatic hydroxyl groups is 1. The Morgan fingerprint density at radius 3 is 2.90 bits per heavy atom. The van der Waals surface area contributed by atoms with Gasteiger partial charge in [0.15, 0.2) is 0 Å². The Morgan fingerprint density at radius 2 is 2.38 bits per heavy atom. The lowest BCUT2D eigenvalue weighted by Crippen LogP contribution is -2.67. The summed E-state index contributed by atoms with van der Waals surface area (Å²) >= 11 is 3.12. The first-order chi connectivity index (χ1) is 9.82. The molecule has 2 N–H and O–H groups in total. The van der Waals surface area contributed by atoms with Gasteiger partial charge in [-0.25, -0.2) is 9.18 Å². The predicted molar refractivity (Wildman–Crippen MR) is 70.9 cm³/mol. The Labute approximate surface area is 127 Å². The molecule has 116 valence electrons. The second-order valence-electron chi connectivity index (χ2n) is 4.88. The van der Waals surface area contributed by atoms with Crippen molar-refractivity contribution in [2.24, 2.45) is 5.11 Å². The molecule has 2 fully saturated rings. The summed E-state index contributed by atoms with van der Waals surface area (Å²) in [4.78, 5) is 27.4. The largest absolute Gasteiger partial charge is 0.394 e. The van der Waals surface area contributed by atoms with Crippen molar-refractivity contribution < 1.29 is 23.8 Å². The summed E-state index contributed by atoms with van der Waals surface area (Å²) in [5.74, 6) is -0.672. The molecule has 2 heterocycles. The Kier molecular flexibility index (Phi) is 4.38. The average molecular weight is 366 g/mol. The summed E-state index contributed by atoms with van der Waals surface area (Å²) in [7, 11) is 0. The Hall–Kier alpha value is -1.42. The number of halogens is 2. The quantitative estimate of drug-likeness (QED) is 0.331. The van der Waals surface area contributed by atoms with Gasteiger partial charge in [-0.05, 0) is 12.5 Å². The van der Waals surface area contributed by atoms with Crippen LogP contribution in [0.3, 0.4) is 0 Å². The van der Waals surface area contributed by atoms with Gasteiger partial charge in [-0.2, -0.15) is 0 Å². The maximum absolute atomic E-state index is 13.7. The van der Waals surface area contributed by atoms with Gasteiger partial charge in [0.1, 0.15) is 29.0 Å². The van der Waals surface area contributed by atoms with Gasteiger partial charge in [0.2, 0.25) is 5.91 Å². The monoisotopic (exact) mass is 365 g/mol. The summed E-state index contributed by atoms with van der Waals surface area (Å²) in [5, 5.41) is 14.5. The molecule has 0 aliphatic carbocycles. The van der Waals surface area contributed by atoms with Crippen molar-refractivity contribution in [3.05, 3.63) is 10.4 Å². The Bertz CT molecular complexity index is 512. The molecule has 2 aliphatic rings. The number of nitrogens with one attached hydrogen (secondary N) is 1. The number of hydrogen-bond acceptors (Lipinski definition) is 5. The normalized spacial score (nSPS) is 39.9. The third kappa shape index (κ3) is 2.69. The van der Waals surface area contributed by atoms with Gasteiger partial charge in [0.05, 0.1) is 6.61 Å². The molecule has 2 rings (SSSR count). The molecule has 0 bridgehead atoms. The van der Waals surface area contributed by atoms with Gasteiger partial charge < -0.3 is 9.84 Å². The van der Waals surface area contributed by atoms with E-state index in [1.807, 2.05) is 0 Å². The molecule has 0 aromatic rings. The molecule has 0 saturated carbocycles. The molecular weight excluding hydrogens is 353 g/mol. The van der Waals surface area contributed by atoms with E-state index >= 15 is 0 Å². The van der Waals surface area contributed by atoms with Crippen LogP contribution in [0.5, 0.6) is 0 Å². The highest BCUT2D eigenvalue weighted by Gasteiger charge is 2.53. The molecule has 2 unspecified atom stereocenters. The fourth-order valence-electron chi connectivity index (χ4n) is 2.30. The van der Waals surface area contributed by atoms with Crippen LogP contribution in [-0.2, 0) is 9.53 Å². The molecule has 0 radical (unpaired) electrons. The van der Waals surface area contributed by atoms with Crippen LogP contribution < -0.4 is 5.32 Å². The highest BCUT2D eigenvalue weighted by atomic mass is 79.9. The van der Waals surface area contributed by atoms with Crippen molar-refractivity contribution in [1.29, 1.82) is 0 Å². The third-order valence-electron chi connectivity index (χ3n) is 3.46. The van der Waals surface area contributed by atoms with Crippen LogP contribution in [0.15, 0.2) is 5.11 Å². The van der Waals surface area contributed by atoms with Crippen molar-refractivity contribution in [1.82, 2.24) is 10.2 Å². The number of rotatable bonds is 3. The molecule has 2 saturated heterocycles. The molecule has 11 heteroatoms. The van der Waals surface area contributed by atoms with Crippen molar-refractivity contribution in [2.45, 2.75) is 42.3 Å². The zero-order chi connectivity index (χ0) is 15.8. The number of azide groups is 1. The molecule has 9 nitrogen and oxygen atoms in total. The van der Waals surface area contributed by atoms with Crippen LogP contribution in [0.1, 0.15) is 13.3 Å².